The fraction of sp³-hybridized carbons (Fsp3) is 0.462. The van der Waals surface area contributed by atoms with Gasteiger partial charge in [0.2, 0.25) is 0 Å². The third-order valence-corrected chi connectivity index (χ3v) is 3.46. The van der Waals surface area contributed by atoms with Crippen molar-refractivity contribution in [3.63, 3.8) is 0 Å². The van der Waals surface area contributed by atoms with Gasteiger partial charge in [0.15, 0.2) is 0 Å². The summed E-state index contributed by atoms with van der Waals surface area (Å²) in [5.41, 5.74) is 1.22. The van der Waals surface area contributed by atoms with Crippen LogP contribution in [-0.4, -0.2) is 44.5 Å². The highest BCUT2D eigenvalue weighted by molar-refractivity contribution is 5.11. The zero-order valence-corrected chi connectivity index (χ0v) is 10.3. The van der Waals surface area contributed by atoms with Gasteiger partial charge in [0.05, 0.1) is 18.9 Å². The summed E-state index contributed by atoms with van der Waals surface area (Å²) >= 11 is 0. The van der Waals surface area contributed by atoms with E-state index in [9.17, 15) is 0 Å². The predicted octanol–water partition coefficient (Wildman–Crippen LogP) is 1.16. The Hall–Kier alpha value is -1.75. The molecule has 0 spiro atoms. The van der Waals surface area contributed by atoms with Crippen LogP contribution in [0.25, 0.3) is 0 Å². The van der Waals surface area contributed by atoms with Gasteiger partial charge in [-0.25, -0.2) is 0 Å². The summed E-state index contributed by atoms with van der Waals surface area (Å²) in [5, 5.41) is 8.24. The van der Waals surface area contributed by atoms with Gasteiger partial charge in [0.1, 0.15) is 0 Å². The molecule has 1 fully saturated rings. The van der Waals surface area contributed by atoms with E-state index in [0.29, 0.717) is 5.92 Å². The van der Waals surface area contributed by atoms with Crippen molar-refractivity contribution in [3.05, 3.63) is 42.5 Å². The Morgan fingerprint density at radius 2 is 2.00 bits per heavy atom. The Kier molecular flexibility index (Phi) is 3.32. The van der Waals surface area contributed by atoms with E-state index in [1.165, 1.54) is 12.1 Å². The standard InChI is InChI=1S/C13H17N5/c1-2-5-14-13(3-1)12-4-8-17(11-12)9-10-18-15-6-7-16-18/h1-3,5-7,12H,4,8-11H2. The summed E-state index contributed by atoms with van der Waals surface area (Å²) < 4.78 is 0. The highest BCUT2D eigenvalue weighted by Gasteiger charge is 2.24. The van der Waals surface area contributed by atoms with Crippen LogP contribution in [-0.2, 0) is 6.54 Å². The second-order valence-electron chi connectivity index (χ2n) is 4.67. The van der Waals surface area contributed by atoms with E-state index < -0.39 is 0 Å². The van der Waals surface area contributed by atoms with Gasteiger partial charge in [-0.3, -0.25) is 4.98 Å². The summed E-state index contributed by atoms with van der Waals surface area (Å²) in [4.78, 5) is 8.65. The number of nitrogens with zero attached hydrogens (tertiary/aromatic N) is 5. The van der Waals surface area contributed by atoms with Crippen LogP contribution in [0.4, 0.5) is 0 Å². The van der Waals surface area contributed by atoms with Crippen LogP contribution in [0.5, 0.6) is 0 Å². The molecule has 5 nitrogen and oxygen atoms in total. The van der Waals surface area contributed by atoms with Crippen molar-refractivity contribution in [2.75, 3.05) is 19.6 Å². The van der Waals surface area contributed by atoms with Crippen LogP contribution >= 0.6 is 0 Å². The zero-order chi connectivity index (χ0) is 12.2. The van der Waals surface area contributed by atoms with Crippen molar-refractivity contribution in [2.24, 2.45) is 0 Å². The lowest BCUT2D eigenvalue weighted by Crippen LogP contribution is -2.25. The van der Waals surface area contributed by atoms with Gasteiger partial charge in [0, 0.05) is 30.9 Å². The monoisotopic (exact) mass is 243 g/mol. The maximum Gasteiger partial charge on any atom is 0.0734 e. The Morgan fingerprint density at radius 1 is 1.11 bits per heavy atom. The fourth-order valence-corrected chi connectivity index (χ4v) is 2.48. The highest BCUT2D eigenvalue weighted by Crippen LogP contribution is 2.24. The van der Waals surface area contributed by atoms with E-state index in [4.69, 9.17) is 0 Å². The van der Waals surface area contributed by atoms with E-state index in [1.54, 1.807) is 17.2 Å². The van der Waals surface area contributed by atoms with Crippen molar-refractivity contribution in [1.82, 2.24) is 24.9 Å². The molecule has 5 heteroatoms. The van der Waals surface area contributed by atoms with E-state index >= 15 is 0 Å². The van der Waals surface area contributed by atoms with Gasteiger partial charge >= 0.3 is 0 Å². The normalized spacial score (nSPS) is 20.3. The molecule has 0 saturated carbocycles. The topological polar surface area (TPSA) is 46.8 Å². The van der Waals surface area contributed by atoms with Crippen LogP contribution in [0, 0.1) is 0 Å². The molecule has 0 bridgehead atoms. The Morgan fingerprint density at radius 3 is 2.78 bits per heavy atom. The number of aromatic nitrogens is 4. The number of hydrogen-bond acceptors (Lipinski definition) is 4. The van der Waals surface area contributed by atoms with E-state index in [0.717, 1.165) is 26.2 Å². The number of rotatable bonds is 4. The Bertz CT molecular complexity index is 467. The molecule has 0 N–H and O–H groups in total. The lowest BCUT2D eigenvalue weighted by Gasteiger charge is -2.15. The second-order valence-corrected chi connectivity index (χ2v) is 4.67. The highest BCUT2D eigenvalue weighted by atomic mass is 15.5. The smallest absolute Gasteiger partial charge is 0.0734 e. The van der Waals surface area contributed by atoms with Crippen molar-refractivity contribution in [1.29, 1.82) is 0 Å². The van der Waals surface area contributed by atoms with E-state index in [1.807, 2.05) is 12.3 Å². The molecule has 1 atom stereocenters. The first-order chi connectivity index (χ1) is 8.92. The summed E-state index contributed by atoms with van der Waals surface area (Å²) in [7, 11) is 0. The largest absolute Gasteiger partial charge is 0.301 e. The minimum absolute atomic E-state index is 0.580. The summed E-state index contributed by atoms with van der Waals surface area (Å²) in [6.45, 7) is 4.11. The lowest BCUT2D eigenvalue weighted by atomic mass is 10.0. The molecule has 1 aliphatic heterocycles. The molecule has 0 amide bonds. The van der Waals surface area contributed by atoms with Crippen LogP contribution in [0.15, 0.2) is 36.8 Å². The first-order valence-electron chi connectivity index (χ1n) is 6.39. The first kappa shape index (κ1) is 11.3. The molecule has 2 aromatic heterocycles. The molecular formula is C13H17N5. The molecule has 0 aromatic carbocycles. The Balaban J connectivity index is 1.53. The van der Waals surface area contributed by atoms with Crippen LogP contribution in [0.2, 0.25) is 0 Å². The zero-order valence-electron chi connectivity index (χ0n) is 10.3. The third kappa shape index (κ3) is 2.56. The minimum atomic E-state index is 0.580. The quantitative estimate of drug-likeness (QED) is 0.808. The first-order valence-corrected chi connectivity index (χ1v) is 6.39. The lowest BCUT2D eigenvalue weighted by molar-refractivity contribution is 0.302. The van der Waals surface area contributed by atoms with Gasteiger partial charge in [-0.1, -0.05) is 6.07 Å². The fourth-order valence-electron chi connectivity index (χ4n) is 2.48. The van der Waals surface area contributed by atoms with Crippen LogP contribution in [0.3, 0.4) is 0 Å². The minimum Gasteiger partial charge on any atom is -0.301 e. The van der Waals surface area contributed by atoms with Gasteiger partial charge in [-0.2, -0.15) is 15.0 Å². The van der Waals surface area contributed by atoms with Crippen LogP contribution in [0.1, 0.15) is 18.0 Å². The van der Waals surface area contributed by atoms with Gasteiger partial charge in [0.25, 0.3) is 0 Å². The summed E-state index contributed by atoms with van der Waals surface area (Å²) in [6.07, 6.45) is 6.52. The molecule has 3 heterocycles. The van der Waals surface area contributed by atoms with E-state index in [2.05, 4.69) is 32.2 Å². The predicted molar refractivity (Wildman–Crippen MR) is 68.1 cm³/mol. The average molecular weight is 243 g/mol. The molecule has 18 heavy (non-hydrogen) atoms. The molecule has 0 radical (unpaired) electrons. The van der Waals surface area contributed by atoms with Crippen molar-refractivity contribution in [3.8, 4) is 0 Å². The molecular weight excluding hydrogens is 226 g/mol. The van der Waals surface area contributed by atoms with Gasteiger partial charge < -0.3 is 4.90 Å². The molecule has 1 saturated heterocycles. The maximum atomic E-state index is 4.45. The molecule has 0 aliphatic carbocycles. The van der Waals surface area contributed by atoms with Crippen LogP contribution < -0.4 is 0 Å². The summed E-state index contributed by atoms with van der Waals surface area (Å²) in [6, 6.07) is 6.17. The Labute approximate surface area is 106 Å². The molecule has 2 aromatic rings. The van der Waals surface area contributed by atoms with Gasteiger partial charge in [-0.05, 0) is 25.1 Å². The van der Waals surface area contributed by atoms with Crippen molar-refractivity contribution >= 4 is 0 Å². The van der Waals surface area contributed by atoms with Crippen molar-refractivity contribution < 1.29 is 0 Å². The molecule has 1 aliphatic rings. The van der Waals surface area contributed by atoms with Gasteiger partial charge in [-0.15, -0.1) is 0 Å². The maximum absolute atomic E-state index is 4.45. The number of likely N-dealkylation sites (tertiary alicyclic amines) is 1. The van der Waals surface area contributed by atoms with E-state index in [-0.39, 0.29) is 0 Å². The molecule has 94 valence electrons. The van der Waals surface area contributed by atoms with Crippen molar-refractivity contribution in [2.45, 2.75) is 18.9 Å². The number of pyridine rings is 1. The number of hydrogen-bond donors (Lipinski definition) is 0. The molecule has 1 unspecified atom stereocenters. The molecule has 3 rings (SSSR count). The average Bonchev–Trinajstić information content (AvgIpc) is 3.09. The summed E-state index contributed by atoms with van der Waals surface area (Å²) in [5.74, 6) is 0.580. The SMILES string of the molecule is c1ccc(C2CCN(CCn3nccn3)C2)nc1. The third-order valence-electron chi connectivity index (χ3n) is 3.46. The second kappa shape index (κ2) is 5.27.